The Balaban J connectivity index is 1.44. The van der Waals surface area contributed by atoms with Crippen LogP contribution >= 0.6 is 0 Å². The second-order valence-corrected chi connectivity index (χ2v) is 8.84. The third kappa shape index (κ3) is 3.27. The van der Waals surface area contributed by atoms with Crippen molar-refractivity contribution in [3.05, 3.63) is 95.8 Å². The molecule has 4 aromatic heterocycles. The van der Waals surface area contributed by atoms with Gasteiger partial charge in [-0.05, 0) is 49.4 Å². The summed E-state index contributed by atoms with van der Waals surface area (Å²) in [6.45, 7) is 1.97. The highest BCUT2D eigenvalue weighted by molar-refractivity contribution is 5.69. The molecule has 10 nitrogen and oxygen atoms in total. The monoisotopic (exact) mass is 506 g/mol. The van der Waals surface area contributed by atoms with Gasteiger partial charge in [-0.15, -0.1) is 5.10 Å². The molecule has 2 aromatic carbocycles. The summed E-state index contributed by atoms with van der Waals surface area (Å²) in [5, 5.41) is 9.54. The van der Waals surface area contributed by atoms with E-state index in [-0.39, 0.29) is 5.92 Å². The average Bonchev–Trinajstić information content (AvgIpc) is 3.71. The number of methoxy groups -OCH3 is 2. The van der Waals surface area contributed by atoms with Crippen molar-refractivity contribution < 1.29 is 18.6 Å². The number of nitrogens with zero attached hydrogens (tertiary/aromatic N) is 6. The Morgan fingerprint density at radius 2 is 1.74 bits per heavy atom. The summed E-state index contributed by atoms with van der Waals surface area (Å²) in [6.07, 6.45) is 3.26. The van der Waals surface area contributed by atoms with Crippen molar-refractivity contribution >= 4 is 5.65 Å². The summed E-state index contributed by atoms with van der Waals surface area (Å²) < 4.78 is 26.7. The van der Waals surface area contributed by atoms with E-state index in [0.717, 1.165) is 33.8 Å². The van der Waals surface area contributed by atoms with E-state index in [9.17, 15) is 0 Å². The standard InChI is InChI=1S/C28H22N6O4/c1-16-22-23(20-10-7-13-37-20)24-26-30-25(17-11-12-19(35-2)21(14-17)36-3)32-33(26)15-29-27(24)38-28(22)34(31-16)18-8-5-4-6-9-18/h4-15,23H,1-3H3/t23-/m1/s1. The number of para-hydroxylation sites is 1. The summed E-state index contributed by atoms with van der Waals surface area (Å²) in [6, 6.07) is 19.2. The van der Waals surface area contributed by atoms with Crippen LogP contribution in [-0.4, -0.2) is 43.6 Å². The van der Waals surface area contributed by atoms with E-state index in [1.807, 2.05) is 67.6 Å². The summed E-state index contributed by atoms with van der Waals surface area (Å²) >= 11 is 0. The van der Waals surface area contributed by atoms with Gasteiger partial charge in [-0.2, -0.15) is 5.10 Å². The number of furan rings is 1. The lowest BCUT2D eigenvalue weighted by molar-refractivity contribution is 0.355. The quantitative estimate of drug-likeness (QED) is 0.315. The predicted octanol–water partition coefficient (Wildman–Crippen LogP) is 5.18. The molecule has 0 bridgehead atoms. The van der Waals surface area contributed by atoms with E-state index in [4.69, 9.17) is 33.8 Å². The van der Waals surface area contributed by atoms with Gasteiger partial charge in [0.05, 0.1) is 48.9 Å². The van der Waals surface area contributed by atoms with Gasteiger partial charge in [-0.1, -0.05) is 18.2 Å². The molecule has 5 heterocycles. The molecule has 0 unspecified atom stereocenters. The summed E-state index contributed by atoms with van der Waals surface area (Å²) in [7, 11) is 3.20. The Hall–Kier alpha value is -5.12. The largest absolute Gasteiger partial charge is 0.493 e. The minimum Gasteiger partial charge on any atom is -0.493 e. The van der Waals surface area contributed by atoms with Gasteiger partial charge >= 0.3 is 0 Å². The van der Waals surface area contributed by atoms with E-state index in [2.05, 4.69) is 4.98 Å². The van der Waals surface area contributed by atoms with Crippen LogP contribution in [0.15, 0.2) is 77.7 Å². The molecule has 1 atom stereocenters. The zero-order valence-corrected chi connectivity index (χ0v) is 20.8. The van der Waals surface area contributed by atoms with Crippen molar-refractivity contribution in [2.45, 2.75) is 12.8 Å². The molecule has 0 amide bonds. The van der Waals surface area contributed by atoms with Crippen molar-refractivity contribution in [3.8, 4) is 40.3 Å². The van der Waals surface area contributed by atoms with Gasteiger partial charge in [0.25, 0.3) is 0 Å². The summed E-state index contributed by atoms with van der Waals surface area (Å²) in [4.78, 5) is 9.55. The molecule has 1 aliphatic rings. The zero-order valence-electron chi connectivity index (χ0n) is 20.8. The second kappa shape index (κ2) is 8.48. The fourth-order valence-corrected chi connectivity index (χ4v) is 4.96. The average molecular weight is 507 g/mol. The summed E-state index contributed by atoms with van der Waals surface area (Å²) in [5.41, 5.74) is 4.74. The Kier molecular flexibility index (Phi) is 4.93. The third-order valence-electron chi connectivity index (χ3n) is 6.69. The highest BCUT2D eigenvalue weighted by atomic mass is 16.5. The maximum atomic E-state index is 6.43. The van der Waals surface area contributed by atoms with Gasteiger partial charge in [0, 0.05) is 5.56 Å². The lowest BCUT2D eigenvalue weighted by Crippen LogP contribution is -2.15. The van der Waals surface area contributed by atoms with Crippen LogP contribution in [0.5, 0.6) is 23.3 Å². The van der Waals surface area contributed by atoms with E-state index in [0.29, 0.717) is 34.7 Å². The molecule has 188 valence electrons. The maximum Gasteiger partial charge on any atom is 0.230 e. The molecule has 10 heteroatoms. The lowest BCUT2D eigenvalue weighted by atomic mass is 9.88. The van der Waals surface area contributed by atoms with E-state index < -0.39 is 0 Å². The van der Waals surface area contributed by atoms with Crippen molar-refractivity contribution in [1.82, 2.24) is 29.4 Å². The first kappa shape index (κ1) is 22.1. The minimum absolute atomic E-state index is 0.347. The van der Waals surface area contributed by atoms with Crippen LogP contribution in [0, 0.1) is 6.92 Å². The van der Waals surface area contributed by atoms with Crippen molar-refractivity contribution in [2.24, 2.45) is 0 Å². The first-order valence-electron chi connectivity index (χ1n) is 12.0. The Labute approximate surface area is 217 Å². The first-order chi connectivity index (χ1) is 18.7. The van der Waals surface area contributed by atoms with Crippen LogP contribution < -0.4 is 14.2 Å². The topological polar surface area (TPSA) is 102 Å². The molecule has 0 spiro atoms. The van der Waals surface area contributed by atoms with Gasteiger partial charge in [-0.25, -0.2) is 19.2 Å². The van der Waals surface area contributed by atoms with E-state index in [1.54, 1.807) is 36.0 Å². The van der Waals surface area contributed by atoms with E-state index >= 15 is 0 Å². The molecule has 0 saturated carbocycles. The van der Waals surface area contributed by atoms with Crippen LogP contribution in [-0.2, 0) is 0 Å². The van der Waals surface area contributed by atoms with Crippen LogP contribution in [0.3, 0.4) is 0 Å². The van der Waals surface area contributed by atoms with Crippen molar-refractivity contribution in [1.29, 1.82) is 0 Å². The fraction of sp³-hybridized carbons (Fsp3) is 0.143. The van der Waals surface area contributed by atoms with Crippen molar-refractivity contribution in [3.63, 3.8) is 0 Å². The normalized spacial score (nSPS) is 14.1. The number of rotatable bonds is 5. The molecule has 0 N–H and O–H groups in total. The van der Waals surface area contributed by atoms with Crippen molar-refractivity contribution in [2.75, 3.05) is 14.2 Å². The van der Waals surface area contributed by atoms with Gasteiger partial charge in [0.15, 0.2) is 23.0 Å². The number of fused-ring (bicyclic) bond motifs is 4. The van der Waals surface area contributed by atoms with Crippen LogP contribution in [0.2, 0.25) is 0 Å². The number of aromatic nitrogens is 6. The zero-order chi connectivity index (χ0) is 25.8. The first-order valence-corrected chi connectivity index (χ1v) is 12.0. The number of aryl methyl sites for hydroxylation is 1. The van der Waals surface area contributed by atoms with Gasteiger partial charge in [-0.3, -0.25) is 0 Å². The SMILES string of the molecule is COc1ccc(-c2nc3c4c(ncn3n2)Oc2c(c(C)nn2-c2ccccc2)[C@H]4c2ccco2)cc1OC. The Morgan fingerprint density at radius 3 is 2.50 bits per heavy atom. The van der Waals surface area contributed by atoms with Crippen LogP contribution in [0.1, 0.15) is 28.5 Å². The molecular weight excluding hydrogens is 484 g/mol. The molecule has 0 fully saturated rings. The van der Waals surface area contributed by atoms with Gasteiger partial charge in [0.1, 0.15) is 12.1 Å². The smallest absolute Gasteiger partial charge is 0.230 e. The molecule has 0 aliphatic carbocycles. The number of benzene rings is 2. The van der Waals surface area contributed by atoms with Crippen LogP contribution in [0.4, 0.5) is 0 Å². The molecule has 38 heavy (non-hydrogen) atoms. The van der Waals surface area contributed by atoms with Gasteiger partial charge < -0.3 is 18.6 Å². The molecule has 0 radical (unpaired) electrons. The highest BCUT2D eigenvalue weighted by Gasteiger charge is 2.39. The predicted molar refractivity (Wildman–Crippen MR) is 137 cm³/mol. The fourth-order valence-electron chi connectivity index (χ4n) is 4.96. The number of ether oxygens (including phenoxy) is 3. The second-order valence-electron chi connectivity index (χ2n) is 8.84. The maximum absolute atomic E-state index is 6.43. The summed E-state index contributed by atoms with van der Waals surface area (Å²) in [5.74, 6) is 3.14. The number of hydrogen-bond acceptors (Lipinski definition) is 8. The molecule has 7 rings (SSSR count). The molecular formula is C28H22N6O4. The number of hydrogen-bond donors (Lipinski definition) is 0. The minimum atomic E-state index is -0.347. The Morgan fingerprint density at radius 1 is 0.895 bits per heavy atom. The molecule has 1 aliphatic heterocycles. The molecule has 6 aromatic rings. The highest BCUT2D eigenvalue weighted by Crippen LogP contribution is 2.49. The van der Waals surface area contributed by atoms with Crippen LogP contribution in [0.25, 0.3) is 22.7 Å². The van der Waals surface area contributed by atoms with E-state index in [1.165, 1.54) is 0 Å². The molecule has 0 saturated heterocycles. The lowest BCUT2D eigenvalue weighted by Gasteiger charge is -2.24. The Bertz CT molecular complexity index is 1790. The third-order valence-corrected chi connectivity index (χ3v) is 6.69. The van der Waals surface area contributed by atoms with Gasteiger partial charge in [0.2, 0.25) is 11.8 Å².